The largest absolute Gasteiger partial charge is 0.368 e. The number of aromatic amines is 1. The van der Waals surface area contributed by atoms with E-state index in [1.807, 2.05) is 30.3 Å². The van der Waals surface area contributed by atoms with E-state index in [0.717, 1.165) is 34.5 Å². The molecule has 0 bridgehead atoms. The second-order valence-corrected chi connectivity index (χ2v) is 5.58. The summed E-state index contributed by atoms with van der Waals surface area (Å²) < 4.78 is 0. The maximum Gasteiger partial charge on any atom is 0.216 e. The lowest BCUT2D eigenvalue weighted by molar-refractivity contribution is -0.118. The quantitative estimate of drug-likeness (QED) is 0.609. The number of aryl methyl sites for hydroxylation is 1. The molecule has 24 heavy (non-hydrogen) atoms. The van der Waals surface area contributed by atoms with Gasteiger partial charge in [-0.1, -0.05) is 37.3 Å². The Morgan fingerprint density at radius 1 is 1.17 bits per heavy atom. The zero-order valence-electron chi connectivity index (χ0n) is 13.9. The van der Waals surface area contributed by atoms with Crippen molar-refractivity contribution in [1.82, 2.24) is 20.3 Å². The maximum absolute atomic E-state index is 11.0. The van der Waals surface area contributed by atoms with Gasteiger partial charge in [-0.2, -0.15) is 0 Å². The first-order valence-corrected chi connectivity index (χ1v) is 8.10. The van der Waals surface area contributed by atoms with Gasteiger partial charge in [0.25, 0.3) is 0 Å². The van der Waals surface area contributed by atoms with Gasteiger partial charge in [-0.15, -0.1) is 0 Å². The SMILES string of the molecule is CCc1cc2c(NCCNC(C)=O)nc(-c3ccccc3)nc2[nH]1. The van der Waals surface area contributed by atoms with Crippen molar-refractivity contribution in [2.45, 2.75) is 20.3 Å². The third kappa shape index (κ3) is 3.53. The molecule has 0 aliphatic carbocycles. The molecule has 0 unspecified atom stereocenters. The standard InChI is InChI=1S/C18H21N5O/c1-3-14-11-15-17(20-10-9-19-12(2)24)22-16(23-18(15)21-14)13-7-5-4-6-8-13/h4-8,11H,3,9-10H2,1-2H3,(H,19,24)(H2,20,21,22,23). The van der Waals surface area contributed by atoms with Crippen LogP contribution in [0, 0.1) is 0 Å². The van der Waals surface area contributed by atoms with E-state index in [0.29, 0.717) is 18.9 Å². The molecule has 6 nitrogen and oxygen atoms in total. The number of carbonyl (C=O) groups excluding carboxylic acids is 1. The minimum Gasteiger partial charge on any atom is -0.368 e. The van der Waals surface area contributed by atoms with E-state index >= 15 is 0 Å². The monoisotopic (exact) mass is 323 g/mol. The predicted octanol–water partition coefficient (Wildman–Crippen LogP) is 2.74. The van der Waals surface area contributed by atoms with Crippen LogP contribution in [0.5, 0.6) is 0 Å². The molecule has 0 aliphatic rings. The zero-order valence-corrected chi connectivity index (χ0v) is 13.9. The number of anilines is 1. The Hall–Kier alpha value is -2.89. The smallest absolute Gasteiger partial charge is 0.216 e. The van der Waals surface area contributed by atoms with Crippen molar-refractivity contribution >= 4 is 22.8 Å². The van der Waals surface area contributed by atoms with Gasteiger partial charge in [0.1, 0.15) is 11.5 Å². The number of carbonyl (C=O) groups is 1. The molecule has 1 amide bonds. The molecule has 124 valence electrons. The second kappa shape index (κ2) is 7.12. The molecule has 0 fully saturated rings. The first kappa shape index (κ1) is 16.0. The van der Waals surface area contributed by atoms with Crippen LogP contribution in [0.25, 0.3) is 22.4 Å². The molecular weight excluding hydrogens is 302 g/mol. The van der Waals surface area contributed by atoms with Gasteiger partial charge in [-0.3, -0.25) is 4.79 Å². The van der Waals surface area contributed by atoms with Gasteiger partial charge in [0.2, 0.25) is 5.91 Å². The van der Waals surface area contributed by atoms with Crippen LogP contribution in [-0.4, -0.2) is 33.9 Å². The molecule has 0 saturated heterocycles. The second-order valence-electron chi connectivity index (χ2n) is 5.58. The van der Waals surface area contributed by atoms with E-state index < -0.39 is 0 Å². The molecule has 3 rings (SSSR count). The number of hydrogen-bond acceptors (Lipinski definition) is 4. The number of fused-ring (bicyclic) bond motifs is 1. The van der Waals surface area contributed by atoms with E-state index in [4.69, 9.17) is 0 Å². The summed E-state index contributed by atoms with van der Waals surface area (Å²) in [5, 5.41) is 7.05. The van der Waals surface area contributed by atoms with Gasteiger partial charge in [-0.25, -0.2) is 9.97 Å². The van der Waals surface area contributed by atoms with Crippen molar-refractivity contribution in [3.8, 4) is 11.4 Å². The molecule has 3 N–H and O–H groups in total. The molecule has 2 heterocycles. The molecule has 3 aromatic rings. The molecular formula is C18H21N5O. The normalized spacial score (nSPS) is 10.8. The van der Waals surface area contributed by atoms with E-state index in [9.17, 15) is 4.79 Å². The first-order valence-electron chi connectivity index (χ1n) is 8.10. The van der Waals surface area contributed by atoms with Crippen LogP contribution in [-0.2, 0) is 11.2 Å². The Labute approximate surface area is 140 Å². The summed E-state index contributed by atoms with van der Waals surface area (Å²) in [6, 6.07) is 12.0. The zero-order chi connectivity index (χ0) is 16.9. The average Bonchev–Trinajstić information content (AvgIpc) is 3.02. The molecule has 0 radical (unpaired) electrons. The Morgan fingerprint density at radius 2 is 1.96 bits per heavy atom. The Balaban J connectivity index is 1.94. The van der Waals surface area contributed by atoms with Crippen molar-refractivity contribution in [3.05, 3.63) is 42.1 Å². The molecule has 2 aromatic heterocycles. The number of aromatic nitrogens is 3. The summed E-state index contributed by atoms with van der Waals surface area (Å²) >= 11 is 0. The number of amides is 1. The number of hydrogen-bond donors (Lipinski definition) is 3. The Kier molecular flexibility index (Phi) is 4.74. The van der Waals surface area contributed by atoms with Gasteiger partial charge < -0.3 is 15.6 Å². The van der Waals surface area contributed by atoms with Crippen LogP contribution in [0.4, 0.5) is 5.82 Å². The van der Waals surface area contributed by atoms with Crippen LogP contribution in [0.1, 0.15) is 19.5 Å². The summed E-state index contributed by atoms with van der Waals surface area (Å²) in [7, 11) is 0. The fraction of sp³-hybridized carbons (Fsp3) is 0.278. The average molecular weight is 323 g/mol. The predicted molar refractivity (Wildman–Crippen MR) is 95.9 cm³/mol. The molecule has 0 spiro atoms. The Bertz CT molecular complexity index is 841. The highest BCUT2D eigenvalue weighted by atomic mass is 16.1. The third-order valence-electron chi connectivity index (χ3n) is 3.75. The lowest BCUT2D eigenvalue weighted by Gasteiger charge is -2.09. The summed E-state index contributed by atoms with van der Waals surface area (Å²) in [4.78, 5) is 23.7. The summed E-state index contributed by atoms with van der Waals surface area (Å²) in [6.45, 7) is 4.76. The van der Waals surface area contributed by atoms with Crippen LogP contribution >= 0.6 is 0 Å². The number of nitrogens with one attached hydrogen (secondary N) is 3. The van der Waals surface area contributed by atoms with E-state index in [1.165, 1.54) is 6.92 Å². The number of benzene rings is 1. The topological polar surface area (TPSA) is 82.7 Å². The highest BCUT2D eigenvalue weighted by molar-refractivity contribution is 5.89. The number of nitrogens with zero attached hydrogens (tertiary/aromatic N) is 2. The van der Waals surface area contributed by atoms with Gasteiger partial charge in [0, 0.05) is 31.3 Å². The number of rotatable bonds is 6. The first-order chi connectivity index (χ1) is 11.7. The van der Waals surface area contributed by atoms with Crippen molar-refractivity contribution in [2.24, 2.45) is 0 Å². The maximum atomic E-state index is 11.0. The van der Waals surface area contributed by atoms with Gasteiger partial charge in [0.05, 0.1) is 5.39 Å². The highest BCUT2D eigenvalue weighted by Crippen LogP contribution is 2.25. The molecule has 0 saturated carbocycles. The fourth-order valence-electron chi connectivity index (χ4n) is 2.52. The molecule has 1 aromatic carbocycles. The van der Waals surface area contributed by atoms with Crippen LogP contribution in [0.3, 0.4) is 0 Å². The Morgan fingerprint density at radius 3 is 2.67 bits per heavy atom. The van der Waals surface area contributed by atoms with E-state index in [2.05, 4.69) is 38.6 Å². The van der Waals surface area contributed by atoms with E-state index in [1.54, 1.807) is 0 Å². The fourth-order valence-corrected chi connectivity index (χ4v) is 2.52. The number of H-pyrrole nitrogens is 1. The van der Waals surface area contributed by atoms with Crippen molar-refractivity contribution in [1.29, 1.82) is 0 Å². The lowest BCUT2D eigenvalue weighted by atomic mass is 10.2. The summed E-state index contributed by atoms with van der Waals surface area (Å²) in [6.07, 6.45) is 0.905. The van der Waals surface area contributed by atoms with Crippen molar-refractivity contribution < 1.29 is 4.79 Å². The van der Waals surface area contributed by atoms with Gasteiger partial charge in [0.15, 0.2) is 5.82 Å². The summed E-state index contributed by atoms with van der Waals surface area (Å²) in [5.74, 6) is 1.42. The van der Waals surface area contributed by atoms with Gasteiger partial charge in [-0.05, 0) is 12.5 Å². The van der Waals surface area contributed by atoms with Crippen molar-refractivity contribution in [2.75, 3.05) is 18.4 Å². The van der Waals surface area contributed by atoms with Crippen molar-refractivity contribution in [3.63, 3.8) is 0 Å². The summed E-state index contributed by atoms with van der Waals surface area (Å²) in [5.41, 5.74) is 2.91. The lowest BCUT2D eigenvalue weighted by Crippen LogP contribution is -2.26. The minimum atomic E-state index is -0.0375. The van der Waals surface area contributed by atoms with Crippen LogP contribution in [0.2, 0.25) is 0 Å². The minimum absolute atomic E-state index is 0.0375. The third-order valence-corrected chi connectivity index (χ3v) is 3.75. The highest BCUT2D eigenvalue weighted by Gasteiger charge is 2.11. The molecule has 0 aliphatic heterocycles. The molecule has 6 heteroatoms. The van der Waals surface area contributed by atoms with Crippen LogP contribution in [0.15, 0.2) is 36.4 Å². The van der Waals surface area contributed by atoms with Gasteiger partial charge >= 0.3 is 0 Å². The molecule has 0 atom stereocenters. The van der Waals surface area contributed by atoms with E-state index in [-0.39, 0.29) is 5.91 Å². The van der Waals surface area contributed by atoms with Crippen LogP contribution < -0.4 is 10.6 Å².